The standard InChI is InChI=1S/C19H20N4O2.C8H13NO/c20-17(16(18(21)24)19-22-11-4-12-23-19)13-7-9-15(10-8-13)25-14-5-2-1-3-6-14;1-2-8(10)9-6-4-3-5-7-9/h1-3,5-10H,4,11-12,20H2,(H2,21,24)(H,22,23);2H,1,3-7H2/b17-16-;. The molecule has 2 aliphatic rings. The molecule has 184 valence electrons. The molecule has 0 aliphatic carbocycles. The van der Waals surface area contributed by atoms with Crippen LogP contribution in [-0.2, 0) is 9.59 Å². The number of nitrogens with one attached hydrogen (secondary N) is 1. The van der Waals surface area contributed by atoms with Crippen LogP contribution in [0.3, 0.4) is 0 Å². The van der Waals surface area contributed by atoms with E-state index >= 15 is 0 Å². The molecule has 8 nitrogen and oxygen atoms in total. The second kappa shape index (κ2) is 13.0. The maximum absolute atomic E-state index is 11.9. The van der Waals surface area contributed by atoms with Crippen LogP contribution in [-0.4, -0.2) is 48.7 Å². The van der Waals surface area contributed by atoms with Crippen molar-refractivity contribution in [1.29, 1.82) is 0 Å². The van der Waals surface area contributed by atoms with E-state index in [9.17, 15) is 9.59 Å². The van der Waals surface area contributed by atoms with Crippen LogP contribution in [0.15, 0.2) is 77.8 Å². The Bertz CT molecular complexity index is 1070. The second-order valence-corrected chi connectivity index (χ2v) is 8.19. The summed E-state index contributed by atoms with van der Waals surface area (Å²) in [7, 11) is 0. The number of nitrogens with zero attached hydrogens (tertiary/aromatic N) is 2. The lowest BCUT2D eigenvalue weighted by Crippen LogP contribution is -2.37. The molecule has 0 aromatic heterocycles. The van der Waals surface area contributed by atoms with Gasteiger partial charge < -0.3 is 26.4 Å². The fourth-order valence-electron chi connectivity index (χ4n) is 3.79. The molecule has 0 spiro atoms. The lowest BCUT2D eigenvalue weighted by molar-refractivity contribution is -0.126. The van der Waals surface area contributed by atoms with Gasteiger partial charge in [0.05, 0.1) is 5.70 Å². The molecule has 0 atom stereocenters. The Kier molecular flexibility index (Phi) is 9.48. The Morgan fingerprint density at radius 2 is 1.60 bits per heavy atom. The third kappa shape index (κ3) is 7.46. The SMILES string of the molecule is C=CC(=O)N1CCCCC1.NC(=O)/C(C1=NCCCN1)=C(/N)c1ccc(Oc2ccccc2)cc1. The van der Waals surface area contributed by atoms with Gasteiger partial charge in [0.25, 0.3) is 5.91 Å². The summed E-state index contributed by atoms with van der Waals surface area (Å²) >= 11 is 0. The van der Waals surface area contributed by atoms with E-state index in [1.165, 1.54) is 12.5 Å². The van der Waals surface area contributed by atoms with E-state index in [1.807, 2.05) is 35.2 Å². The molecule has 0 saturated carbocycles. The number of likely N-dealkylation sites (tertiary alicyclic amines) is 1. The topological polar surface area (TPSA) is 123 Å². The van der Waals surface area contributed by atoms with Gasteiger partial charge >= 0.3 is 0 Å². The summed E-state index contributed by atoms with van der Waals surface area (Å²) in [6.45, 7) is 6.68. The van der Waals surface area contributed by atoms with Crippen LogP contribution in [0.4, 0.5) is 0 Å². The minimum Gasteiger partial charge on any atom is -0.457 e. The Morgan fingerprint density at radius 1 is 0.943 bits per heavy atom. The van der Waals surface area contributed by atoms with Gasteiger partial charge in [-0.15, -0.1) is 0 Å². The fraction of sp³-hybridized carbons (Fsp3) is 0.296. The molecule has 2 aromatic rings. The number of nitrogens with two attached hydrogens (primary N) is 2. The summed E-state index contributed by atoms with van der Waals surface area (Å²) in [5, 5.41) is 3.08. The van der Waals surface area contributed by atoms with Crippen molar-refractivity contribution in [2.45, 2.75) is 25.7 Å². The summed E-state index contributed by atoms with van der Waals surface area (Å²) in [6.07, 6.45) is 5.88. The smallest absolute Gasteiger partial charge is 0.254 e. The highest BCUT2D eigenvalue weighted by Gasteiger charge is 2.20. The van der Waals surface area contributed by atoms with E-state index in [0.29, 0.717) is 29.4 Å². The molecule has 2 aliphatic heterocycles. The van der Waals surface area contributed by atoms with Crippen molar-refractivity contribution in [2.75, 3.05) is 26.2 Å². The van der Waals surface area contributed by atoms with Gasteiger partial charge in [0, 0.05) is 26.2 Å². The highest BCUT2D eigenvalue weighted by atomic mass is 16.5. The predicted molar refractivity (Wildman–Crippen MR) is 139 cm³/mol. The number of carbonyl (C=O) groups is 2. The average Bonchev–Trinajstić information content (AvgIpc) is 2.90. The molecule has 0 unspecified atom stereocenters. The van der Waals surface area contributed by atoms with Crippen LogP contribution < -0.4 is 21.5 Å². The Labute approximate surface area is 206 Å². The van der Waals surface area contributed by atoms with Crippen LogP contribution in [0.1, 0.15) is 31.2 Å². The van der Waals surface area contributed by atoms with Gasteiger partial charge in [-0.1, -0.05) is 24.8 Å². The van der Waals surface area contributed by atoms with Gasteiger partial charge in [0.2, 0.25) is 5.91 Å². The van der Waals surface area contributed by atoms with Crippen LogP contribution in [0, 0.1) is 0 Å². The molecule has 1 saturated heterocycles. The zero-order valence-electron chi connectivity index (χ0n) is 19.9. The van der Waals surface area contributed by atoms with Crippen LogP contribution in [0.25, 0.3) is 5.70 Å². The number of benzene rings is 2. The molecule has 0 radical (unpaired) electrons. The van der Waals surface area contributed by atoms with E-state index in [4.69, 9.17) is 16.2 Å². The van der Waals surface area contributed by atoms with Crippen molar-refractivity contribution >= 4 is 23.3 Å². The largest absolute Gasteiger partial charge is 0.457 e. The summed E-state index contributed by atoms with van der Waals surface area (Å²) in [5.74, 6) is 1.37. The van der Waals surface area contributed by atoms with Gasteiger partial charge in [-0.2, -0.15) is 0 Å². The van der Waals surface area contributed by atoms with E-state index < -0.39 is 5.91 Å². The number of aliphatic imine (C=N–C) groups is 1. The van der Waals surface area contributed by atoms with E-state index in [2.05, 4.69) is 16.9 Å². The van der Waals surface area contributed by atoms with E-state index in [1.54, 1.807) is 24.3 Å². The van der Waals surface area contributed by atoms with Crippen molar-refractivity contribution in [2.24, 2.45) is 16.5 Å². The average molecular weight is 476 g/mol. The van der Waals surface area contributed by atoms with Crippen molar-refractivity contribution in [3.63, 3.8) is 0 Å². The first-order chi connectivity index (χ1) is 17.0. The lowest BCUT2D eigenvalue weighted by Gasteiger charge is -2.25. The summed E-state index contributed by atoms with van der Waals surface area (Å²) < 4.78 is 5.75. The van der Waals surface area contributed by atoms with Gasteiger partial charge in [0.15, 0.2) is 0 Å². The number of amidine groups is 1. The minimum absolute atomic E-state index is 0.0831. The number of para-hydroxylation sites is 1. The normalized spacial score (nSPS) is 15.9. The quantitative estimate of drug-likeness (QED) is 0.554. The maximum atomic E-state index is 11.9. The fourth-order valence-corrected chi connectivity index (χ4v) is 3.79. The van der Waals surface area contributed by atoms with Crippen molar-refractivity contribution in [1.82, 2.24) is 10.2 Å². The van der Waals surface area contributed by atoms with Crippen molar-refractivity contribution < 1.29 is 14.3 Å². The number of ether oxygens (including phenoxy) is 1. The van der Waals surface area contributed by atoms with Crippen molar-refractivity contribution in [3.8, 4) is 11.5 Å². The zero-order chi connectivity index (χ0) is 25.0. The van der Waals surface area contributed by atoms with E-state index in [0.717, 1.165) is 44.6 Å². The van der Waals surface area contributed by atoms with Gasteiger partial charge in [-0.05, 0) is 73.7 Å². The van der Waals surface area contributed by atoms with Gasteiger partial charge in [0.1, 0.15) is 22.9 Å². The van der Waals surface area contributed by atoms with Crippen LogP contribution >= 0.6 is 0 Å². The molecule has 8 heteroatoms. The van der Waals surface area contributed by atoms with E-state index in [-0.39, 0.29) is 11.5 Å². The summed E-state index contributed by atoms with van der Waals surface area (Å²) in [5.41, 5.74) is 12.9. The second-order valence-electron chi connectivity index (χ2n) is 8.19. The zero-order valence-corrected chi connectivity index (χ0v) is 19.9. The number of amides is 2. The molecule has 4 rings (SSSR count). The third-order valence-corrected chi connectivity index (χ3v) is 5.64. The highest BCUT2D eigenvalue weighted by Crippen LogP contribution is 2.23. The third-order valence-electron chi connectivity index (χ3n) is 5.64. The molecular weight excluding hydrogens is 442 g/mol. The Balaban J connectivity index is 0.000000287. The number of carbonyl (C=O) groups excluding carboxylic acids is 2. The number of piperidine rings is 1. The first kappa shape index (κ1) is 25.6. The molecule has 1 fully saturated rings. The van der Waals surface area contributed by atoms with Gasteiger partial charge in [-0.3, -0.25) is 14.6 Å². The monoisotopic (exact) mass is 475 g/mol. The van der Waals surface area contributed by atoms with Gasteiger partial charge in [-0.25, -0.2) is 0 Å². The molecule has 0 bridgehead atoms. The molecular formula is C27H33N5O3. The molecule has 2 aromatic carbocycles. The summed E-state index contributed by atoms with van der Waals surface area (Å²) in [6, 6.07) is 16.7. The number of hydrogen-bond acceptors (Lipinski definition) is 6. The molecule has 2 amide bonds. The van der Waals surface area contributed by atoms with Crippen LogP contribution in [0.2, 0.25) is 0 Å². The first-order valence-corrected chi connectivity index (χ1v) is 11.8. The first-order valence-electron chi connectivity index (χ1n) is 11.8. The molecule has 5 N–H and O–H groups in total. The minimum atomic E-state index is -0.602. The molecule has 35 heavy (non-hydrogen) atoms. The highest BCUT2D eigenvalue weighted by molar-refractivity contribution is 6.25. The summed E-state index contributed by atoms with van der Waals surface area (Å²) in [4.78, 5) is 29.0. The van der Waals surface area contributed by atoms with Crippen LogP contribution in [0.5, 0.6) is 11.5 Å². The Hall–Kier alpha value is -4.07. The number of primary amides is 1. The molecule has 2 heterocycles. The lowest BCUT2D eigenvalue weighted by atomic mass is 10.0. The Morgan fingerprint density at radius 3 is 2.17 bits per heavy atom. The predicted octanol–water partition coefficient (Wildman–Crippen LogP) is 3.21. The maximum Gasteiger partial charge on any atom is 0.254 e. The number of rotatable bonds is 6. The van der Waals surface area contributed by atoms with Crippen molar-refractivity contribution in [3.05, 3.63) is 78.4 Å². The number of hydrogen-bond donors (Lipinski definition) is 3.